The van der Waals surface area contributed by atoms with Gasteiger partial charge < -0.3 is 15.2 Å². The van der Waals surface area contributed by atoms with Crippen molar-refractivity contribution in [1.82, 2.24) is 10.2 Å². The van der Waals surface area contributed by atoms with Gasteiger partial charge in [0.2, 0.25) is 0 Å². The monoisotopic (exact) mass is 216 g/mol. The van der Waals surface area contributed by atoms with E-state index in [1.807, 2.05) is 0 Å². The zero-order valence-electron chi connectivity index (χ0n) is 8.90. The van der Waals surface area contributed by atoms with Crippen LogP contribution in [-0.2, 0) is 4.74 Å². The number of nitrogens with zero attached hydrogens (tertiary/aromatic N) is 1. The van der Waals surface area contributed by atoms with Gasteiger partial charge in [-0.25, -0.2) is 9.59 Å². The molecule has 1 fully saturated rings. The third-order valence-electron chi connectivity index (χ3n) is 2.13. The maximum Gasteiger partial charge on any atom is 0.409 e. The topological polar surface area (TPSA) is 78.9 Å². The van der Waals surface area contributed by atoms with E-state index in [1.54, 1.807) is 13.8 Å². The van der Waals surface area contributed by atoms with Gasteiger partial charge in [-0.3, -0.25) is 4.90 Å². The number of rotatable bonds is 2. The molecular weight excluding hydrogens is 200 g/mol. The predicted octanol–water partition coefficient (Wildman–Crippen LogP) is 1.22. The highest BCUT2D eigenvalue weighted by molar-refractivity contribution is 5.70. The molecule has 1 heterocycles. The number of carboxylic acid groups (broad SMARTS) is 1. The molecule has 0 saturated carbocycles. The standard InChI is InChI=1S/C9H16N2O4/c1-6(2)15-8(12)10-7-4-3-5-11(7)9(13)14/h6-7H,3-5H2,1-2H3,(H,10,12)(H,13,14). The zero-order chi connectivity index (χ0) is 11.4. The smallest absolute Gasteiger partial charge is 0.409 e. The molecule has 0 aromatic heterocycles. The Bertz CT molecular complexity index is 254. The van der Waals surface area contributed by atoms with E-state index >= 15 is 0 Å². The summed E-state index contributed by atoms with van der Waals surface area (Å²) in [5.74, 6) is 0. The highest BCUT2D eigenvalue weighted by Gasteiger charge is 2.30. The summed E-state index contributed by atoms with van der Waals surface area (Å²) in [6.07, 6.45) is -0.831. The molecule has 1 aliphatic heterocycles. The van der Waals surface area contributed by atoms with E-state index in [1.165, 1.54) is 4.90 Å². The molecule has 0 aromatic rings. The Morgan fingerprint density at radius 1 is 1.53 bits per heavy atom. The number of amides is 2. The van der Waals surface area contributed by atoms with Crippen molar-refractivity contribution in [2.45, 2.75) is 39.0 Å². The first-order valence-electron chi connectivity index (χ1n) is 4.97. The molecule has 86 valence electrons. The second kappa shape index (κ2) is 4.86. The fourth-order valence-corrected chi connectivity index (χ4v) is 1.53. The average Bonchev–Trinajstić information content (AvgIpc) is 2.50. The molecule has 0 radical (unpaired) electrons. The van der Waals surface area contributed by atoms with Gasteiger partial charge in [-0.2, -0.15) is 0 Å². The van der Waals surface area contributed by atoms with E-state index in [9.17, 15) is 9.59 Å². The van der Waals surface area contributed by atoms with Gasteiger partial charge in [0.15, 0.2) is 0 Å². The van der Waals surface area contributed by atoms with Crippen LogP contribution in [0, 0.1) is 0 Å². The lowest BCUT2D eigenvalue weighted by Crippen LogP contribution is -2.47. The highest BCUT2D eigenvalue weighted by Crippen LogP contribution is 2.14. The van der Waals surface area contributed by atoms with Gasteiger partial charge in [0.05, 0.1) is 6.10 Å². The molecule has 0 bridgehead atoms. The number of likely N-dealkylation sites (tertiary alicyclic amines) is 1. The molecule has 1 aliphatic rings. The fraction of sp³-hybridized carbons (Fsp3) is 0.778. The van der Waals surface area contributed by atoms with Crippen molar-refractivity contribution in [1.29, 1.82) is 0 Å². The Balaban J connectivity index is 2.43. The summed E-state index contributed by atoms with van der Waals surface area (Å²) in [5, 5.41) is 11.3. The molecule has 2 N–H and O–H groups in total. The summed E-state index contributed by atoms with van der Waals surface area (Å²) >= 11 is 0. The van der Waals surface area contributed by atoms with E-state index in [0.717, 1.165) is 6.42 Å². The number of carbonyl (C=O) groups is 2. The second-order valence-corrected chi connectivity index (χ2v) is 3.73. The van der Waals surface area contributed by atoms with Crippen LogP contribution in [0.3, 0.4) is 0 Å². The van der Waals surface area contributed by atoms with Gasteiger partial charge in [0.1, 0.15) is 6.17 Å². The van der Waals surface area contributed by atoms with E-state index in [2.05, 4.69) is 5.32 Å². The molecule has 1 unspecified atom stereocenters. The molecule has 0 spiro atoms. The maximum atomic E-state index is 11.2. The molecule has 1 rings (SSSR count). The first kappa shape index (κ1) is 11.6. The fourth-order valence-electron chi connectivity index (χ4n) is 1.53. The molecule has 6 nitrogen and oxygen atoms in total. The van der Waals surface area contributed by atoms with Crippen LogP contribution >= 0.6 is 0 Å². The van der Waals surface area contributed by atoms with E-state index in [-0.39, 0.29) is 6.10 Å². The normalized spacial score (nSPS) is 20.5. The number of ether oxygens (including phenoxy) is 1. The number of hydrogen-bond acceptors (Lipinski definition) is 3. The van der Waals surface area contributed by atoms with Gasteiger partial charge in [-0.05, 0) is 26.7 Å². The number of carbonyl (C=O) groups excluding carboxylic acids is 1. The molecule has 1 atom stereocenters. The SMILES string of the molecule is CC(C)OC(=O)NC1CCCN1C(=O)O. The number of nitrogens with one attached hydrogen (secondary N) is 1. The van der Waals surface area contributed by atoms with E-state index in [0.29, 0.717) is 13.0 Å². The average molecular weight is 216 g/mol. The van der Waals surface area contributed by atoms with Gasteiger partial charge >= 0.3 is 12.2 Å². The van der Waals surface area contributed by atoms with Crippen LogP contribution in [0.25, 0.3) is 0 Å². The second-order valence-electron chi connectivity index (χ2n) is 3.73. The maximum absolute atomic E-state index is 11.2. The van der Waals surface area contributed by atoms with Gasteiger partial charge in [0.25, 0.3) is 0 Å². The Kier molecular flexibility index (Phi) is 3.76. The first-order valence-corrected chi connectivity index (χ1v) is 4.97. The summed E-state index contributed by atoms with van der Waals surface area (Å²) < 4.78 is 4.87. The van der Waals surface area contributed by atoms with Crippen LogP contribution < -0.4 is 5.32 Å². The van der Waals surface area contributed by atoms with Crippen LogP contribution in [0.2, 0.25) is 0 Å². The molecule has 2 amide bonds. The molecule has 1 saturated heterocycles. The van der Waals surface area contributed by atoms with Gasteiger partial charge in [-0.1, -0.05) is 0 Å². The Labute approximate surface area is 88.2 Å². The van der Waals surface area contributed by atoms with Crippen molar-refractivity contribution in [3.63, 3.8) is 0 Å². The van der Waals surface area contributed by atoms with Crippen molar-refractivity contribution in [2.24, 2.45) is 0 Å². The van der Waals surface area contributed by atoms with Crippen LogP contribution in [0.4, 0.5) is 9.59 Å². The number of hydrogen-bond donors (Lipinski definition) is 2. The summed E-state index contributed by atoms with van der Waals surface area (Å²) in [6.45, 7) is 3.94. The Morgan fingerprint density at radius 2 is 2.20 bits per heavy atom. The lowest BCUT2D eigenvalue weighted by Gasteiger charge is -2.22. The minimum Gasteiger partial charge on any atom is -0.465 e. The summed E-state index contributed by atoms with van der Waals surface area (Å²) in [7, 11) is 0. The molecule has 15 heavy (non-hydrogen) atoms. The Hall–Kier alpha value is -1.46. The molecular formula is C9H16N2O4. The minimum atomic E-state index is -1.01. The van der Waals surface area contributed by atoms with Crippen LogP contribution in [0.1, 0.15) is 26.7 Å². The number of alkyl carbamates (subject to hydrolysis) is 1. The molecule has 0 aliphatic carbocycles. The summed E-state index contributed by atoms with van der Waals surface area (Å²) in [5.41, 5.74) is 0. The largest absolute Gasteiger partial charge is 0.465 e. The van der Waals surface area contributed by atoms with Crippen molar-refractivity contribution in [2.75, 3.05) is 6.54 Å². The van der Waals surface area contributed by atoms with Crippen molar-refractivity contribution < 1.29 is 19.4 Å². The third kappa shape index (κ3) is 3.30. The van der Waals surface area contributed by atoms with Crippen molar-refractivity contribution in [3.8, 4) is 0 Å². The van der Waals surface area contributed by atoms with Crippen LogP contribution in [0.5, 0.6) is 0 Å². The van der Waals surface area contributed by atoms with Crippen LogP contribution in [-0.4, -0.2) is 41.0 Å². The Morgan fingerprint density at radius 3 is 2.73 bits per heavy atom. The first-order chi connectivity index (χ1) is 7.00. The van der Waals surface area contributed by atoms with Gasteiger partial charge in [0, 0.05) is 6.54 Å². The predicted molar refractivity (Wildman–Crippen MR) is 52.5 cm³/mol. The third-order valence-corrected chi connectivity index (χ3v) is 2.13. The summed E-state index contributed by atoms with van der Waals surface area (Å²) in [6, 6.07) is 0. The van der Waals surface area contributed by atoms with Gasteiger partial charge in [-0.15, -0.1) is 0 Å². The summed E-state index contributed by atoms with van der Waals surface area (Å²) in [4.78, 5) is 23.2. The lowest BCUT2D eigenvalue weighted by molar-refractivity contribution is 0.0971. The quantitative estimate of drug-likeness (QED) is 0.727. The molecule has 6 heteroatoms. The van der Waals surface area contributed by atoms with Crippen LogP contribution in [0.15, 0.2) is 0 Å². The van der Waals surface area contributed by atoms with E-state index in [4.69, 9.17) is 9.84 Å². The molecule has 0 aromatic carbocycles. The zero-order valence-corrected chi connectivity index (χ0v) is 8.90. The lowest BCUT2D eigenvalue weighted by atomic mass is 10.3. The van der Waals surface area contributed by atoms with Crippen molar-refractivity contribution in [3.05, 3.63) is 0 Å². The minimum absolute atomic E-state index is 0.204. The highest BCUT2D eigenvalue weighted by atomic mass is 16.6. The van der Waals surface area contributed by atoms with E-state index < -0.39 is 18.4 Å². The van der Waals surface area contributed by atoms with Crippen molar-refractivity contribution >= 4 is 12.2 Å².